The maximum Gasteiger partial charge on any atom is 0.126 e. The fraction of sp³-hybridized carbons (Fsp3) is 0.500. The minimum absolute atomic E-state index is 0.135. The first kappa shape index (κ1) is 11.2. The topological polar surface area (TPSA) is 20.2 Å². The number of aliphatic hydroxyl groups is 1. The lowest BCUT2D eigenvalue weighted by Crippen LogP contribution is -2.19. The highest BCUT2D eigenvalue weighted by atomic mass is 19.1. The lowest BCUT2D eigenvalue weighted by molar-refractivity contribution is 0.159. The van der Waals surface area contributed by atoms with Crippen molar-refractivity contribution in [3.05, 3.63) is 35.1 Å². The van der Waals surface area contributed by atoms with E-state index in [0.717, 1.165) is 12.0 Å². The smallest absolute Gasteiger partial charge is 0.126 e. The molecule has 1 aromatic rings. The van der Waals surface area contributed by atoms with Crippen molar-refractivity contribution in [2.45, 2.75) is 27.2 Å². The van der Waals surface area contributed by atoms with E-state index >= 15 is 0 Å². The van der Waals surface area contributed by atoms with Crippen molar-refractivity contribution in [1.29, 1.82) is 0 Å². The molecule has 0 aliphatic carbocycles. The summed E-state index contributed by atoms with van der Waals surface area (Å²) < 4.78 is 13.0. The summed E-state index contributed by atoms with van der Waals surface area (Å²) in [7, 11) is 0. The van der Waals surface area contributed by atoms with Crippen molar-refractivity contribution in [3.63, 3.8) is 0 Å². The third kappa shape index (κ3) is 2.81. The second-order valence-corrected chi connectivity index (χ2v) is 4.58. The van der Waals surface area contributed by atoms with E-state index in [2.05, 4.69) is 0 Å². The third-order valence-corrected chi connectivity index (χ3v) is 2.33. The van der Waals surface area contributed by atoms with Crippen LogP contribution in [0.5, 0.6) is 0 Å². The van der Waals surface area contributed by atoms with Gasteiger partial charge in [-0.2, -0.15) is 0 Å². The molecule has 0 atom stereocenters. The van der Waals surface area contributed by atoms with Crippen LogP contribution in [0.25, 0.3) is 0 Å². The number of halogens is 1. The van der Waals surface area contributed by atoms with Gasteiger partial charge in [-0.15, -0.1) is 0 Å². The Labute approximate surface area is 84.6 Å². The summed E-state index contributed by atoms with van der Waals surface area (Å²) >= 11 is 0. The van der Waals surface area contributed by atoms with E-state index < -0.39 is 0 Å². The van der Waals surface area contributed by atoms with Crippen LogP contribution in [-0.4, -0.2) is 11.7 Å². The average molecular weight is 196 g/mol. The molecule has 0 saturated carbocycles. The Morgan fingerprint density at radius 3 is 2.50 bits per heavy atom. The molecule has 0 amide bonds. The van der Waals surface area contributed by atoms with Gasteiger partial charge in [0.25, 0.3) is 0 Å². The quantitative estimate of drug-likeness (QED) is 0.788. The van der Waals surface area contributed by atoms with Gasteiger partial charge in [0.15, 0.2) is 0 Å². The molecule has 0 aliphatic rings. The molecule has 0 radical (unpaired) electrons. The Hall–Kier alpha value is -0.890. The van der Waals surface area contributed by atoms with E-state index in [1.165, 1.54) is 6.07 Å². The van der Waals surface area contributed by atoms with E-state index in [1.54, 1.807) is 13.0 Å². The lowest BCUT2D eigenvalue weighted by Gasteiger charge is -2.21. The van der Waals surface area contributed by atoms with Gasteiger partial charge in [-0.1, -0.05) is 26.0 Å². The zero-order valence-electron chi connectivity index (χ0n) is 8.97. The normalized spacial score (nSPS) is 11.8. The number of rotatable bonds is 3. The van der Waals surface area contributed by atoms with Gasteiger partial charge in [0.05, 0.1) is 0 Å². The number of hydrogen-bond acceptors (Lipinski definition) is 1. The van der Waals surface area contributed by atoms with Crippen LogP contribution in [-0.2, 0) is 6.42 Å². The molecule has 0 heterocycles. The van der Waals surface area contributed by atoms with E-state index in [4.69, 9.17) is 5.11 Å². The Morgan fingerprint density at radius 1 is 1.36 bits per heavy atom. The Bertz CT molecular complexity index is 318. The van der Waals surface area contributed by atoms with Crippen LogP contribution >= 0.6 is 0 Å². The molecule has 0 fully saturated rings. The first-order valence-electron chi connectivity index (χ1n) is 4.80. The zero-order valence-corrected chi connectivity index (χ0v) is 8.97. The molecule has 2 heteroatoms. The van der Waals surface area contributed by atoms with E-state index in [0.29, 0.717) is 5.56 Å². The Morgan fingerprint density at radius 2 is 2.00 bits per heavy atom. The maximum atomic E-state index is 13.0. The highest BCUT2D eigenvalue weighted by Gasteiger charge is 2.17. The summed E-state index contributed by atoms with van der Waals surface area (Å²) in [5, 5.41) is 9.11. The van der Waals surface area contributed by atoms with Crippen molar-refractivity contribution in [2.75, 3.05) is 6.61 Å². The first-order chi connectivity index (χ1) is 6.44. The van der Waals surface area contributed by atoms with Gasteiger partial charge in [0.2, 0.25) is 0 Å². The largest absolute Gasteiger partial charge is 0.396 e. The summed E-state index contributed by atoms with van der Waals surface area (Å²) in [5.74, 6) is -0.171. The van der Waals surface area contributed by atoms with Crippen molar-refractivity contribution in [3.8, 4) is 0 Å². The van der Waals surface area contributed by atoms with Crippen LogP contribution in [0, 0.1) is 18.2 Å². The van der Waals surface area contributed by atoms with Crippen molar-refractivity contribution in [1.82, 2.24) is 0 Å². The number of benzene rings is 1. The predicted molar refractivity (Wildman–Crippen MR) is 55.7 cm³/mol. The minimum Gasteiger partial charge on any atom is -0.396 e. The van der Waals surface area contributed by atoms with Gasteiger partial charge >= 0.3 is 0 Å². The molecule has 1 aromatic carbocycles. The van der Waals surface area contributed by atoms with Gasteiger partial charge in [-0.25, -0.2) is 4.39 Å². The van der Waals surface area contributed by atoms with Crippen LogP contribution in [0.15, 0.2) is 18.2 Å². The molecule has 1 nitrogen and oxygen atoms in total. The predicted octanol–water partition coefficient (Wildman–Crippen LogP) is 2.70. The number of hydrogen-bond donors (Lipinski definition) is 1. The molecule has 0 bridgehead atoms. The molecule has 1 rings (SSSR count). The molecule has 1 N–H and O–H groups in total. The van der Waals surface area contributed by atoms with Crippen LogP contribution in [0.1, 0.15) is 25.0 Å². The van der Waals surface area contributed by atoms with Gasteiger partial charge in [0.1, 0.15) is 5.82 Å². The van der Waals surface area contributed by atoms with Crippen LogP contribution < -0.4 is 0 Å². The molecule has 78 valence electrons. The van der Waals surface area contributed by atoms with Crippen molar-refractivity contribution in [2.24, 2.45) is 5.41 Å². The highest BCUT2D eigenvalue weighted by molar-refractivity contribution is 5.24. The minimum atomic E-state index is -0.171. The molecular formula is C12H17FO. The van der Waals surface area contributed by atoms with Gasteiger partial charge in [-0.3, -0.25) is 0 Å². The average Bonchev–Trinajstić information content (AvgIpc) is 2.11. The molecule has 0 saturated heterocycles. The van der Waals surface area contributed by atoms with E-state index in [9.17, 15) is 4.39 Å². The Kier molecular flexibility index (Phi) is 3.27. The summed E-state index contributed by atoms with van der Waals surface area (Å²) in [4.78, 5) is 0. The standard InChI is InChI=1S/C12H17FO/c1-9-6-10(4-5-11(9)13)7-12(2,3)8-14/h4-6,14H,7-8H2,1-3H3. The molecule has 0 aromatic heterocycles. The fourth-order valence-electron chi connectivity index (χ4n) is 1.43. The maximum absolute atomic E-state index is 13.0. The van der Waals surface area contributed by atoms with Crippen LogP contribution in [0.3, 0.4) is 0 Å². The fourth-order valence-corrected chi connectivity index (χ4v) is 1.43. The number of aliphatic hydroxyl groups excluding tert-OH is 1. The molecular weight excluding hydrogens is 179 g/mol. The number of aryl methyl sites for hydroxylation is 1. The monoisotopic (exact) mass is 196 g/mol. The second kappa shape index (κ2) is 4.09. The molecule has 0 aliphatic heterocycles. The van der Waals surface area contributed by atoms with Gasteiger partial charge in [0, 0.05) is 6.61 Å². The van der Waals surface area contributed by atoms with Gasteiger partial charge in [-0.05, 0) is 36.0 Å². The summed E-state index contributed by atoms with van der Waals surface area (Å²) in [6.07, 6.45) is 0.768. The first-order valence-corrected chi connectivity index (χ1v) is 4.80. The molecule has 14 heavy (non-hydrogen) atoms. The lowest BCUT2D eigenvalue weighted by atomic mass is 9.86. The summed E-state index contributed by atoms with van der Waals surface area (Å²) in [5.41, 5.74) is 1.60. The van der Waals surface area contributed by atoms with E-state index in [-0.39, 0.29) is 17.8 Å². The van der Waals surface area contributed by atoms with Crippen LogP contribution in [0.2, 0.25) is 0 Å². The van der Waals surface area contributed by atoms with Gasteiger partial charge < -0.3 is 5.11 Å². The Balaban J connectivity index is 2.83. The highest BCUT2D eigenvalue weighted by Crippen LogP contribution is 2.22. The summed E-state index contributed by atoms with van der Waals surface area (Å²) in [6.45, 7) is 5.88. The van der Waals surface area contributed by atoms with E-state index in [1.807, 2.05) is 19.9 Å². The SMILES string of the molecule is Cc1cc(CC(C)(C)CO)ccc1F. The third-order valence-electron chi connectivity index (χ3n) is 2.33. The summed E-state index contributed by atoms with van der Waals surface area (Å²) in [6, 6.07) is 5.10. The van der Waals surface area contributed by atoms with Crippen molar-refractivity contribution >= 4 is 0 Å². The van der Waals surface area contributed by atoms with Crippen LogP contribution in [0.4, 0.5) is 4.39 Å². The zero-order chi connectivity index (χ0) is 10.8. The second-order valence-electron chi connectivity index (χ2n) is 4.58. The molecule has 0 unspecified atom stereocenters. The van der Waals surface area contributed by atoms with Crippen molar-refractivity contribution < 1.29 is 9.50 Å². The molecule has 0 spiro atoms.